The van der Waals surface area contributed by atoms with Crippen LogP contribution in [0.25, 0.3) is 10.8 Å². The molecule has 6 heteroatoms. The Bertz CT molecular complexity index is 997. The van der Waals surface area contributed by atoms with Crippen LogP contribution in [-0.4, -0.2) is 35.5 Å². The summed E-state index contributed by atoms with van der Waals surface area (Å²) >= 11 is 0. The Balaban J connectivity index is 1.41. The van der Waals surface area contributed by atoms with E-state index in [0.717, 1.165) is 48.8 Å². The van der Waals surface area contributed by atoms with Crippen molar-refractivity contribution in [3.63, 3.8) is 0 Å². The molecule has 0 radical (unpaired) electrons. The van der Waals surface area contributed by atoms with Crippen LogP contribution in [0.4, 0.5) is 0 Å². The van der Waals surface area contributed by atoms with Gasteiger partial charge >= 0.3 is 0 Å². The summed E-state index contributed by atoms with van der Waals surface area (Å²) in [6, 6.07) is 12.1. The van der Waals surface area contributed by atoms with E-state index >= 15 is 0 Å². The van der Waals surface area contributed by atoms with Gasteiger partial charge in [-0.05, 0) is 54.3 Å². The van der Waals surface area contributed by atoms with Crippen molar-refractivity contribution in [3.8, 4) is 11.5 Å². The van der Waals surface area contributed by atoms with Gasteiger partial charge in [-0.2, -0.15) is 0 Å². The first-order chi connectivity index (χ1) is 14.2. The smallest absolute Gasteiger partial charge is 0.276 e. The fourth-order valence-corrected chi connectivity index (χ4v) is 3.92. The van der Waals surface area contributed by atoms with Gasteiger partial charge in [0.2, 0.25) is 5.89 Å². The van der Waals surface area contributed by atoms with Crippen LogP contribution in [-0.2, 0) is 6.61 Å². The molecule has 4 rings (SSSR count). The van der Waals surface area contributed by atoms with Gasteiger partial charge in [0.05, 0.1) is 7.11 Å². The maximum absolute atomic E-state index is 12.8. The molecule has 3 aromatic rings. The van der Waals surface area contributed by atoms with E-state index in [4.69, 9.17) is 13.9 Å². The van der Waals surface area contributed by atoms with Crippen LogP contribution in [0, 0.1) is 0 Å². The van der Waals surface area contributed by atoms with Gasteiger partial charge in [-0.1, -0.05) is 25.5 Å². The molecule has 1 aliphatic heterocycles. The standard InChI is InChI=1S/C23H26N2O4/c1-3-5-18-6-4-11-25(18)23(26)21-14-29-22(24-21)15-28-20-10-8-16-7-9-19(27-2)12-17(16)13-20/h7-10,12-14,18H,3-6,11,15H2,1-2H3. The number of aromatic nitrogens is 1. The van der Waals surface area contributed by atoms with Crippen molar-refractivity contribution in [1.82, 2.24) is 9.88 Å². The number of carbonyl (C=O) groups is 1. The molecule has 6 nitrogen and oxygen atoms in total. The van der Waals surface area contributed by atoms with E-state index in [1.807, 2.05) is 41.3 Å². The molecule has 29 heavy (non-hydrogen) atoms. The van der Waals surface area contributed by atoms with Gasteiger partial charge in [0.25, 0.3) is 5.91 Å². The SMILES string of the molecule is CCCC1CCCN1C(=O)c1coc(COc2ccc3ccc(OC)cc3c2)n1. The highest BCUT2D eigenvalue weighted by Gasteiger charge is 2.30. The fraction of sp³-hybridized carbons (Fsp3) is 0.391. The lowest BCUT2D eigenvalue weighted by molar-refractivity contribution is 0.0724. The van der Waals surface area contributed by atoms with E-state index in [-0.39, 0.29) is 12.5 Å². The van der Waals surface area contributed by atoms with Gasteiger partial charge in [-0.3, -0.25) is 4.79 Å². The second kappa shape index (κ2) is 8.55. The lowest BCUT2D eigenvalue weighted by atomic mass is 10.1. The lowest BCUT2D eigenvalue weighted by Gasteiger charge is -2.23. The Morgan fingerprint density at radius 3 is 2.79 bits per heavy atom. The molecule has 2 aromatic carbocycles. The first kappa shape index (κ1) is 19.3. The molecule has 1 aromatic heterocycles. The average molecular weight is 394 g/mol. The second-order valence-corrected chi connectivity index (χ2v) is 7.37. The second-order valence-electron chi connectivity index (χ2n) is 7.37. The highest BCUT2D eigenvalue weighted by Crippen LogP contribution is 2.26. The van der Waals surface area contributed by atoms with E-state index in [1.54, 1.807) is 7.11 Å². The summed E-state index contributed by atoms with van der Waals surface area (Å²) in [6.07, 6.45) is 5.67. The normalized spacial score (nSPS) is 16.3. The fourth-order valence-electron chi connectivity index (χ4n) is 3.92. The molecule has 1 amide bonds. The van der Waals surface area contributed by atoms with Crippen molar-refractivity contribution in [1.29, 1.82) is 0 Å². The first-order valence-electron chi connectivity index (χ1n) is 10.1. The van der Waals surface area contributed by atoms with Crippen molar-refractivity contribution in [3.05, 3.63) is 54.2 Å². The number of methoxy groups -OCH3 is 1. The molecule has 0 saturated carbocycles. The number of fused-ring (bicyclic) bond motifs is 1. The number of oxazole rings is 1. The average Bonchev–Trinajstić information content (AvgIpc) is 3.41. The Kier molecular flexibility index (Phi) is 5.69. The third-order valence-corrected chi connectivity index (χ3v) is 5.41. The molecule has 0 spiro atoms. The zero-order valence-electron chi connectivity index (χ0n) is 16.9. The molecule has 1 aliphatic rings. The summed E-state index contributed by atoms with van der Waals surface area (Å²) in [4.78, 5) is 19.1. The molecule has 0 N–H and O–H groups in total. The summed E-state index contributed by atoms with van der Waals surface area (Å²) in [5, 5.41) is 2.13. The summed E-state index contributed by atoms with van der Waals surface area (Å²) in [6.45, 7) is 3.11. The van der Waals surface area contributed by atoms with Crippen LogP contribution in [0.2, 0.25) is 0 Å². The minimum atomic E-state index is -0.0475. The van der Waals surface area contributed by atoms with Crippen LogP contribution in [0.3, 0.4) is 0 Å². The van der Waals surface area contributed by atoms with E-state index < -0.39 is 0 Å². The summed E-state index contributed by atoms with van der Waals surface area (Å²) < 4.78 is 16.6. The Morgan fingerprint density at radius 1 is 1.21 bits per heavy atom. The molecule has 1 atom stereocenters. The number of rotatable bonds is 7. The van der Waals surface area contributed by atoms with Crippen molar-refractivity contribution in [2.24, 2.45) is 0 Å². The number of hydrogen-bond acceptors (Lipinski definition) is 5. The van der Waals surface area contributed by atoms with Crippen molar-refractivity contribution in [2.75, 3.05) is 13.7 Å². The predicted octanol–water partition coefficient (Wildman–Crippen LogP) is 4.82. The van der Waals surface area contributed by atoms with Crippen LogP contribution in [0.5, 0.6) is 11.5 Å². The lowest BCUT2D eigenvalue weighted by Crippen LogP contribution is -2.35. The summed E-state index contributed by atoms with van der Waals surface area (Å²) in [5.41, 5.74) is 0.356. The minimum Gasteiger partial charge on any atom is -0.497 e. The number of hydrogen-bond donors (Lipinski definition) is 0. The Labute approximate surface area is 170 Å². The highest BCUT2D eigenvalue weighted by atomic mass is 16.5. The van der Waals surface area contributed by atoms with E-state index in [2.05, 4.69) is 11.9 Å². The maximum atomic E-state index is 12.8. The van der Waals surface area contributed by atoms with Gasteiger partial charge in [0.1, 0.15) is 17.8 Å². The highest BCUT2D eigenvalue weighted by molar-refractivity contribution is 5.92. The molecule has 0 aliphatic carbocycles. The third kappa shape index (κ3) is 4.21. The zero-order valence-corrected chi connectivity index (χ0v) is 16.9. The van der Waals surface area contributed by atoms with Crippen molar-refractivity contribution < 1.29 is 18.7 Å². The van der Waals surface area contributed by atoms with Crippen LogP contribution in [0.1, 0.15) is 49.0 Å². The number of amides is 1. The van der Waals surface area contributed by atoms with Crippen molar-refractivity contribution >= 4 is 16.7 Å². The molecular weight excluding hydrogens is 368 g/mol. The molecular formula is C23H26N2O4. The monoisotopic (exact) mass is 394 g/mol. The largest absolute Gasteiger partial charge is 0.497 e. The van der Waals surface area contributed by atoms with E-state index in [9.17, 15) is 4.79 Å². The quantitative estimate of drug-likeness (QED) is 0.575. The van der Waals surface area contributed by atoms with E-state index in [1.165, 1.54) is 6.26 Å². The van der Waals surface area contributed by atoms with Gasteiger partial charge in [-0.15, -0.1) is 0 Å². The molecule has 0 bridgehead atoms. The predicted molar refractivity (Wildman–Crippen MR) is 110 cm³/mol. The number of likely N-dealkylation sites (tertiary alicyclic amines) is 1. The molecule has 152 valence electrons. The molecule has 2 heterocycles. The number of ether oxygens (including phenoxy) is 2. The van der Waals surface area contributed by atoms with Crippen LogP contribution < -0.4 is 9.47 Å². The summed E-state index contributed by atoms with van der Waals surface area (Å²) in [7, 11) is 1.65. The minimum absolute atomic E-state index is 0.0475. The Morgan fingerprint density at radius 2 is 2.00 bits per heavy atom. The topological polar surface area (TPSA) is 64.8 Å². The van der Waals surface area contributed by atoms with Crippen LogP contribution >= 0.6 is 0 Å². The van der Waals surface area contributed by atoms with Crippen molar-refractivity contribution in [2.45, 2.75) is 45.3 Å². The maximum Gasteiger partial charge on any atom is 0.276 e. The number of nitrogens with zero attached hydrogens (tertiary/aromatic N) is 2. The van der Waals surface area contributed by atoms with Gasteiger partial charge in [0, 0.05) is 12.6 Å². The third-order valence-electron chi connectivity index (χ3n) is 5.41. The first-order valence-corrected chi connectivity index (χ1v) is 10.1. The zero-order chi connectivity index (χ0) is 20.2. The van der Waals surface area contributed by atoms with Gasteiger partial charge < -0.3 is 18.8 Å². The van der Waals surface area contributed by atoms with Gasteiger partial charge in [0.15, 0.2) is 12.3 Å². The van der Waals surface area contributed by atoms with Gasteiger partial charge in [-0.25, -0.2) is 4.98 Å². The van der Waals surface area contributed by atoms with Crippen LogP contribution in [0.15, 0.2) is 47.1 Å². The van der Waals surface area contributed by atoms with E-state index in [0.29, 0.717) is 23.4 Å². The summed E-state index contributed by atoms with van der Waals surface area (Å²) in [5.74, 6) is 1.85. The molecule has 1 saturated heterocycles. The molecule has 1 unspecified atom stereocenters. The number of carbonyl (C=O) groups excluding carboxylic acids is 1. The molecule has 1 fully saturated rings. The number of benzene rings is 2. The Hall–Kier alpha value is -3.02.